The molecule has 0 radical (unpaired) electrons. The molecule has 0 amide bonds. The molecule has 2 aliphatic rings. The molecular weight excluding hydrogens is 492 g/mol. The molecule has 0 bridgehead atoms. The molecular formula is C35H48N4O. The quantitative estimate of drug-likeness (QED) is 0.242. The van der Waals surface area contributed by atoms with E-state index in [1.165, 1.54) is 77.9 Å². The van der Waals surface area contributed by atoms with Crippen LogP contribution in [0.1, 0.15) is 98.0 Å². The third-order valence-electron chi connectivity index (χ3n) is 9.10. The number of benzene rings is 1. The van der Waals surface area contributed by atoms with Gasteiger partial charge in [-0.3, -0.25) is 4.68 Å². The normalized spacial score (nSPS) is 17.2. The third-order valence-corrected chi connectivity index (χ3v) is 9.10. The lowest BCUT2D eigenvalue weighted by Crippen LogP contribution is -2.34. The van der Waals surface area contributed by atoms with Gasteiger partial charge in [0.1, 0.15) is 5.82 Å². The summed E-state index contributed by atoms with van der Waals surface area (Å²) in [6.07, 6.45) is 13.7. The Labute approximate surface area is 241 Å². The van der Waals surface area contributed by atoms with Crippen LogP contribution >= 0.6 is 0 Å². The molecule has 1 aliphatic heterocycles. The van der Waals surface area contributed by atoms with E-state index in [4.69, 9.17) is 14.8 Å². The SMILES string of the molecule is C=C(C)CC(Cc1cc(CCCc2ccc3c(n2)NCCC3)n(C)n1)c1cccc(C2(COC)CCCCC2)c1. The summed E-state index contributed by atoms with van der Waals surface area (Å²) in [5, 5.41) is 8.42. The first-order valence-corrected chi connectivity index (χ1v) is 15.4. The van der Waals surface area contributed by atoms with Gasteiger partial charge in [0, 0.05) is 37.5 Å². The highest BCUT2D eigenvalue weighted by Crippen LogP contribution is 2.41. The van der Waals surface area contributed by atoms with Crippen molar-refractivity contribution >= 4 is 5.82 Å². The molecule has 1 atom stereocenters. The number of pyridine rings is 1. The minimum atomic E-state index is 0.151. The second-order valence-electron chi connectivity index (χ2n) is 12.4. The number of aromatic nitrogens is 3. The van der Waals surface area contributed by atoms with Crippen molar-refractivity contribution in [2.75, 3.05) is 25.6 Å². The number of fused-ring (bicyclic) bond motifs is 1. The van der Waals surface area contributed by atoms with E-state index < -0.39 is 0 Å². The average molecular weight is 541 g/mol. The molecule has 1 unspecified atom stereocenters. The van der Waals surface area contributed by atoms with Gasteiger partial charge in [0.25, 0.3) is 0 Å². The molecule has 5 rings (SSSR count). The van der Waals surface area contributed by atoms with E-state index in [9.17, 15) is 0 Å². The molecule has 0 saturated heterocycles. The molecule has 1 aromatic carbocycles. The number of allylic oxidation sites excluding steroid dienone is 1. The van der Waals surface area contributed by atoms with E-state index >= 15 is 0 Å². The average Bonchev–Trinajstić information content (AvgIpc) is 3.31. The Morgan fingerprint density at radius 2 is 1.93 bits per heavy atom. The molecule has 1 aliphatic carbocycles. The highest BCUT2D eigenvalue weighted by molar-refractivity contribution is 5.47. The van der Waals surface area contributed by atoms with Crippen molar-refractivity contribution in [2.24, 2.45) is 7.05 Å². The number of rotatable bonds is 12. The Morgan fingerprint density at radius 1 is 1.07 bits per heavy atom. The summed E-state index contributed by atoms with van der Waals surface area (Å²) in [6.45, 7) is 8.27. The maximum atomic E-state index is 5.77. The molecule has 1 saturated carbocycles. The van der Waals surface area contributed by atoms with Crippen molar-refractivity contribution in [1.82, 2.24) is 14.8 Å². The molecule has 5 nitrogen and oxygen atoms in total. The maximum absolute atomic E-state index is 5.77. The minimum Gasteiger partial charge on any atom is -0.384 e. The number of ether oxygens (including phenoxy) is 1. The molecule has 1 fully saturated rings. The van der Waals surface area contributed by atoms with E-state index in [0.717, 1.165) is 57.5 Å². The van der Waals surface area contributed by atoms with Crippen LogP contribution in [0.5, 0.6) is 0 Å². The third kappa shape index (κ3) is 6.86. The first-order chi connectivity index (χ1) is 19.5. The molecule has 5 heteroatoms. The zero-order chi connectivity index (χ0) is 28.0. The standard InChI is InChI=1S/C35H48N4O/c1-26(2)21-29(28-11-8-13-30(22-28)35(25-40-4)18-6-5-7-19-35)23-32-24-33(39(3)38-32)15-9-14-31-17-16-27-12-10-20-36-34(27)37-31/h8,11,13,16-17,22,24,29H,1,5-7,9-10,12,14-15,18-21,23,25H2,2-4H3,(H,36,37). The van der Waals surface area contributed by atoms with E-state index in [1.54, 1.807) is 0 Å². The fourth-order valence-corrected chi connectivity index (χ4v) is 6.99. The Bertz CT molecular complexity index is 1280. The monoisotopic (exact) mass is 540 g/mol. The molecule has 3 aromatic rings. The lowest BCUT2D eigenvalue weighted by Gasteiger charge is -2.38. The van der Waals surface area contributed by atoms with Crippen molar-refractivity contribution < 1.29 is 4.74 Å². The molecule has 2 aromatic heterocycles. The van der Waals surface area contributed by atoms with Crippen molar-refractivity contribution in [3.8, 4) is 0 Å². The first-order valence-electron chi connectivity index (χ1n) is 15.4. The number of nitrogens with zero attached hydrogens (tertiary/aromatic N) is 3. The number of nitrogens with one attached hydrogen (secondary N) is 1. The lowest BCUT2D eigenvalue weighted by molar-refractivity contribution is 0.103. The zero-order valence-electron chi connectivity index (χ0n) is 25.0. The van der Waals surface area contributed by atoms with Crippen molar-refractivity contribution in [2.45, 2.75) is 95.3 Å². The lowest BCUT2D eigenvalue weighted by atomic mass is 9.69. The summed E-state index contributed by atoms with van der Waals surface area (Å²) in [7, 11) is 3.94. The Morgan fingerprint density at radius 3 is 2.73 bits per heavy atom. The molecule has 40 heavy (non-hydrogen) atoms. The highest BCUT2D eigenvalue weighted by atomic mass is 16.5. The summed E-state index contributed by atoms with van der Waals surface area (Å²) in [6, 6.07) is 16.2. The van der Waals surface area contributed by atoms with Gasteiger partial charge in [0.15, 0.2) is 0 Å². The van der Waals surface area contributed by atoms with Crippen LogP contribution in [0.2, 0.25) is 0 Å². The van der Waals surface area contributed by atoms with Crippen LogP contribution in [0.4, 0.5) is 5.82 Å². The number of hydrogen-bond donors (Lipinski definition) is 1. The van der Waals surface area contributed by atoms with Gasteiger partial charge < -0.3 is 10.1 Å². The van der Waals surface area contributed by atoms with Crippen molar-refractivity contribution in [1.29, 1.82) is 0 Å². The summed E-state index contributed by atoms with van der Waals surface area (Å²) in [5.74, 6) is 1.46. The van der Waals surface area contributed by atoms with Gasteiger partial charge >= 0.3 is 0 Å². The Hall–Kier alpha value is -2.92. The van der Waals surface area contributed by atoms with Gasteiger partial charge in [-0.15, -0.1) is 6.58 Å². The second-order valence-corrected chi connectivity index (χ2v) is 12.4. The number of anilines is 1. The van der Waals surface area contributed by atoms with Crippen LogP contribution in [0.15, 0.2) is 54.6 Å². The largest absolute Gasteiger partial charge is 0.384 e. The summed E-state index contributed by atoms with van der Waals surface area (Å²) < 4.78 is 7.85. The van der Waals surface area contributed by atoms with Crippen LogP contribution in [0.25, 0.3) is 0 Å². The first kappa shape index (κ1) is 28.6. The predicted molar refractivity (Wildman–Crippen MR) is 165 cm³/mol. The smallest absolute Gasteiger partial charge is 0.129 e. The van der Waals surface area contributed by atoms with Gasteiger partial charge in [-0.05, 0) is 99.5 Å². The summed E-state index contributed by atoms with van der Waals surface area (Å²) >= 11 is 0. The van der Waals surface area contributed by atoms with E-state index in [2.05, 4.69) is 73.0 Å². The molecule has 214 valence electrons. The van der Waals surface area contributed by atoms with Crippen LogP contribution in [-0.4, -0.2) is 35.0 Å². The van der Waals surface area contributed by atoms with E-state index in [0.29, 0.717) is 5.92 Å². The van der Waals surface area contributed by atoms with Gasteiger partial charge in [-0.1, -0.05) is 55.2 Å². The van der Waals surface area contributed by atoms with Gasteiger partial charge in [-0.2, -0.15) is 5.10 Å². The summed E-state index contributed by atoms with van der Waals surface area (Å²) in [5.41, 5.74) is 9.24. The minimum absolute atomic E-state index is 0.151. The van der Waals surface area contributed by atoms with Crippen molar-refractivity contribution in [3.63, 3.8) is 0 Å². The van der Waals surface area contributed by atoms with Crippen LogP contribution in [0.3, 0.4) is 0 Å². The Kier molecular flexibility index (Phi) is 9.41. The predicted octanol–water partition coefficient (Wildman–Crippen LogP) is 7.49. The molecule has 3 heterocycles. The summed E-state index contributed by atoms with van der Waals surface area (Å²) in [4.78, 5) is 4.88. The fraction of sp³-hybridized carbons (Fsp3) is 0.543. The molecule has 1 N–H and O–H groups in total. The van der Waals surface area contributed by atoms with E-state index in [-0.39, 0.29) is 5.41 Å². The number of methoxy groups -OCH3 is 1. The van der Waals surface area contributed by atoms with Crippen LogP contribution in [0, 0.1) is 0 Å². The van der Waals surface area contributed by atoms with Gasteiger partial charge in [0.2, 0.25) is 0 Å². The van der Waals surface area contributed by atoms with Gasteiger partial charge in [0.05, 0.1) is 12.3 Å². The van der Waals surface area contributed by atoms with Gasteiger partial charge in [-0.25, -0.2) is 4.98 Å². The van der Waals surface area contributed by atoms with Crippen LogP contribution < -0.4 is 5.32 Å². The topological polar surface area (TPSA) is 52.0 Å². The molecule has 0 spiro atoms. The second kappa shape index (κ2) is 13.2. The number of hydrogen-bond acceptors (Lipinski definition) is 4. The number of aryl methyl sites for hydroxylation is 4. The van der Waals surface area contributed by atoms with E-state index in [1.807, 2.05) is 7.11 Å². The van der Waals surface area contributed by atoms with Crippen molar-refractivity contribution in [3.05, 3.63) is 88.4 Å². The Balaban J connectivity index is 1.27. The highest BCUT2D eigenvalue weighted by Gasteiger charge is 2.34. The maximum Gasteiger partial charge on any atom is 0.129 e. The zero-order valence-corrected chi connectivity index (χ0v) is 25.0. The fourth-order valence-electron chi connectivity index (χ4n) is 6.99. The van der Waals surface area contributed by atoms with Crippen LogP contribution in [-0.2, 0) is 42.9 Å².